The molecule has 3 N–H and O–H groups in total. The van der Waals surface area contributed by atoms with Crippen LogP contribution in [0.5, 0.6) is 0 Å². The molecule has 0 spiro atoms. The van der Waals surface area contributed by atoms with Crippen molar-refractivity contribution in [3.05, 3.63) is 34.3 Å². The lowest BCUT2D eigenvalue weighted by Crippen LogP contribution is -2.52. The van der Waals surface area contributed by atoms with Crippen LogP contribution in [0, 0.1) is 0 Å². The number of halogens is 1. The fourth-order valence-corrected chi connectivity index (χ4v) is 3.77. The summed E-state index contributed by atoms with van der Waals surface area (Å²) in [5.41, 5.74) is 1.30. The van der Waals surface area contributed by atoms with Crippen molar-refractivity contribution in [3.8, 4) is 0 Å². The van der Waals surface area contributed by atoms with Crippen molar-refractivity contribution in [2.75, 3.05) is 13.1 Å². The van der Waals surface area contributed by atoms with Gasteiger partial charge in [-0.1, -0.05) is 34.5 Å². The number of amides is 3. The first-order valence-electron chi connectivity index (χ1n) is 8.67. The van der Waals surface area contributed by atoms with E-state index in [9.17, 15) is 9.59 Å². The molecule has 2 fully saturated rings. The van der Waals surface area contributed by atoms with Crippen LogP contribution in [0.4, 0.5) is 4.79 Å². The molecule has 1 heterocycles. The highest BCUT2D eigenvalue weighted by atomic mass is 79.9. The van der Waals surface area contributed by atoms with Gasteiger partial charge in [0.15, 0.2) is 0 Å². The lowest BCUT2D eigenvalue weighted by molar-refractivity contribution is -0.122. The number of benzene rings is 1. The Morgan fingerprint density at radius 1 is 1.21 bits per heavy atom. The summed E-state index contributed by atoms with van der Waals surface area (Å²) in [4.78, 5) is 24.1. The first-order chi connectivity index (χ1) is 11.6. The second-order valence-electron chi connectivity index (χ2n) is 6.81. The highest BCUT2D eigenvalue weighted by Gasteiger charge is 2.39. The van der Waals surface area contributed by atoms with Crippen molar-refractivity contribution in [2.45, 2.75) is 50.0 Å². The molecule has 1 aromatic carbocycles. The van der Waals surface area contributed by atoms with Crippen molar-refractivity contribution in [3.63, 3.8) is 0 Å². The Labute approximate surface area is 151 Å². The van der Waals surface area contributed by atoms with Crippen LogP contribution in [-0.4, -0.2) is 31.1 Å². The molecule has 0 bridgehead atoms. The van der Waals surface area contributed by atoms with Gasteiger partial charge in [0, 0.05) is 23.0 Å². The standard InChI is InChI=1S/C18H24BrN3O2/c19-14-7-5-13(6-8-14)18(9-3-10-18)12-21-17(24)22-15-4-1-2-11-20-16(15)23/h5-8,15H,1-4,9-12H2,(H,20,23)(H2,21,22,24). The zero-order valence-corrected chi connectivity index (χ0v) is 15.3. The quantitative estimate of drug-likeness (QED) is 0.735. The van der Waals surface area contributed by atoms with E-state index in [1.165, 1.54) is 12.0 Å². The highest BCUT2D eigenvalue weighted by molar-refractivity contribution is 9.10. The number of carbonyl (C=O) groups is 2. The predicted molar refractivity (Wildman–Crippen MR) is 96.9 cm³/mol. The monoisotopic (exact) mass is 393 g/mol. The molecule has 1 atom stereocenters. The summed E-state index contributed by atoms with van der Waals surface area (Å²) in [5, 5.41) is 8.65. The van der Waals surface area contributed by atoms with Crippen LogP contribution < -0.4 is 16.0 Å². The highest BCUT2D eigenvalue weighted by Crippen LogP contribution is 2.43. The molecule has 1 unspecified atom stereocenters. The van der Waals surface area contributed by atoms with Crippen molar-refractivity contribution in [2.24, 2.45) is 0 Å². The van der Waals surface area contributed by atoms with Crippen LogP contribution in [0.25, 0.3) is 0 Å². The van der Waals surface area contributed by atoms with Gasteiger partial charge in [-0.2, -0.15) is 0 Å². The zero-order chi connectivity index (χ0) is 17.0. The Morgan fingerprint density at radius 3 is 2.62 bits per heavy atom. The SMILES string of the molecule is O=C(NCC1(c2ccc(Br)cc2)CCC1)NC1CCCCNC1=O. The molecule has 2 aliphatic rings. The first kappa shape index (κ1) is 17.3. The molecule has 24 heavy (non-hydrogen) atoms. The van der Waals surface area contributed by atoms with Crippen LogP contribution in [0.15, 0.2) is 28.7 Å². The third-order valence-corrected chi connectivity index (χ3v) is 5.72. The van der Waals surface area contributed by atoms with Gasteiger partial charge in [-0.3, -0.25) is 4.79 Å². The van der Waals surface area contributed by atoms with Gasteiger partial charge in [0.25, 0.3) is 0 Å². The van der Waals surface area contributed by atoms with Gasteiger partial charge in [0.05, 0.1) is 0 Å². The second-order valence-corrected chi connectivity index (χ2v) is 7.72. The Kier molecular flexibility index (Phi) is 5.43. The minimum Gasteiger partial charge on any atom is -0.354 e. The third-order valence-electron chi connectivity index (χ3n) is 5.20. The minimum atomic E-state index is -0.419. The number of nitrogens with one attached hydrogen (secondary N) is 3. The van der Waals surface area contributed by atoms with Gasteiger partial charge >= 0.3 is 6.03 Å². The summed E-state index contributed by atoms with van der Waals surface area (Å²) < 4.78 is 1.06. The van der Waals surface area contributed by atoms with E-state index in [2.05, 4.69) is 44.0 Å². The lowest BCUT2D eigenvalue weighted by Gasteiger charge is -2.42. The molecule has 6 heteroatoms. The molecular weight excluding hydrogens is 370 g/mol. The Balaban J connectivity index is 1.56. The molecule has 1 aliphatic heterocycles. The number of carbonyl (C=O) groups excluding carboxylic acids is 2. The zero-order valence-electron chi connectivity index (χ0n) is 13.7. The molecule has 5 nitrogen and oxygen atoms in total. The number of rotatable bonds is 4. The summed E-state index contributed by atoms with van der Waals surface area (Å²) in [6.45, 7) is 1.31. The summed E-state index contributed by atoms with van der Waals surface area (Å²) in [7, 11) is 0. The average molecular weight is 394 g/mol. The topological polar surface area (TPSA) is 70.2 Å². The predicted octanol–water partition coefficient (Wildman–Crippen LogP) is 2.84. The molecule has 1 saturated carbocycles. The maximum atomic E-state index is 12.2. The Morgan fingerprint density at radius 2 is 1.96 bits per heavy atom. The van der Waals surface area contributed by atoms with Crippen molar-refractivity contribution in [1.82, 2.24) is 16.0 Å². The Bertz CT molecular complexity index is 599. The van der Waals surface area contributed by atoms with Gasteiger partial charge in [-0.15, -0.1) is 0 Å². The lowest BCUT2D eigenvalue weighted by atomic mass is 9.64. The largest absolute Gasteiger partial charge is 0.354 e. The molecule has 1 aliphatic carbocycles. The van der Waals surface area contributed by atoms with Crippen LogP contribution in [0.2, 0.25) is 0 Å². The third kappa shape index (κ3) is 3.91. The van der Waals surface area contributed by atoms with Gasteiger partial charge in [-0.05, 0) is 49.8 Å². The Hall–Kier alpha value is -1.56. The van der Waals surface area contributed by atoms with Gasteiger partial charge in [0.1, 0.15) is 6.04 Å². The first-order valence-corrected chi connectivity index (χ1v) is 9.46. The smallest absolute Gasteiger partial charge is 0.315 e. The maximum absolute atomic E-state index is 12.2. The van der Waals surface area contributed by atoms with Gasteiger partial charge < -0.3 is 16.0 Å². The van der Waals surface area contributed by atoms with E-state index in [-0.39, 0.29) is 17.4 Å². The van der Waals surface area contributed by atoms with Crippen molar-refractivity contribution >= 4 is 27.9 Å². The van der Waals surface area contributed by atoms with E-state index in [1.807, 2.05) is 12.1 Å². The molecule has 3 rings (SSSR count). The molecule has 1 aromatic rings. The molecule has 0 radical (unpaired) electrons. The molecule has 1 saturated heterocycles. The molecule has 0 aromatic heterocycles. The van der Waals surface area contributed by atoms with Crippen LogP contribution in [-0.2, 0) is 10.2 Å². The fourth-order valence-electron chi connectivity index (χ4n) is 3.51. The van der Waals surface area contributed by atoms with Gasteiger partial charge in [-0.25, -0.2) is 4.79 Å². The van der Waals surface area contributed by atoms with E-state index in [4.69, 9.17) is 0 Å². The normalized spacial score (nSPS) is 22.7. The second kappa shape index (κ2) is 7.55. The van der Waals surface area contributed by atoms with E-state index in [1.54, 1.807) is 0 Å². The minimum absolute atomic E-state index is 0.0315. The van der Waals surface area contributed by atoms with Gasteiger partial charge in [0.2, 0.25) is 5.91 Å². The number of urea groups is 1. The summed E-state index contributed by atoms with van der Waals surface area (Å²) in [6, 6.07) is 7.68. The van der Waals surface area contributed by atoms with Crippen molar-refractivity contribution < 1.29 is 9.59 Å². The van der Waals surface area contributed by atoms with Crippen LogP contribution >= 0.6 is 15.9 Å². The summed E-state index contributed by atoms with van der Waals surface area (Å²) >= 11 is 3.46. The summed E-state index contributed by atoms with van der Waals surface area (Å²) in [6.07, 6.45) is 5.98. The van der Waals surface area contributed by atoms with E-state index in [0.717, 1.165) is 30.2 Å². The molecular formula is C18H24BrN3O2. The number of hydrogen-bond acceptors (Lipinski definition) is 2. The van der Waals surface area contributed by atoms with E-state index >= 15 is 0 Å². The summed E-state index contributed by atoms with van der Waals surface area (Å²) in [5.74, 6) is -0.0751. The van der Waals surface area contributed by atoms with Crippen LogP contribution in [0.1, 0.15) is 44.1 Å². The molecule has 3 amide bonds. The fraction of sp³-hybridized carbons (Fsp3) is 0.556. The number of hydrogen-bond donors (Lipinski definition) is 3. The van der Waals surface area contributed by atoms with Crippen molar-refractivity contribution in [1.29, 1.82) is 0 Å². The molecule has 130 valence electrons. The maximum Gasteiger partial charge on any atom is 0.315 e. The van der Waals surface area contributed by atoms with Crippen LogP contribution in [0.3, 0.4) is 0 Å². The van der Waals surface area contributed by atoms with E-state index in [0.29, 0.717) is 19.5 Å². The average Bonchev–Trinajstić information content (AvgIpc) is 2.73. The van der Waals surface area contributed by atoms with E-state index < -0.39 is 6.04 Å².